The van der Waals surface area contributed by atoms with E-state index < -0.39 is 0 Å². The molecule has 0 amide bonds. The van der Waals surface area contributed by atoms with Gasteiger partial charge in [-0.15, -0.1) is 0 Å². The predicted octanol–water partition coefficient (Wildman–Crippen LogP) is 1.39. The van der Waals surface area contributed by atoms with E-state index in [1.807, 2.05) is 20.0 Å². The van der Waals surface area contributed by atoms with Crippen molar-refractivity contribution in [2.45, 2.75) is 19.0 Å². The van der Waals surface area contributed by atoms with Crippen LogP contribution in [-0.2, 0) is 0 Å². The second-order valence-corrected chi connectivity index (χ2v) is 5.67. The standard InChI is InChI=1S/C15H22FN3/c1-11-9-12(16)3-4-13(11)15(17-2)14-10-18-5-7-19(14)8-6-18/h3-4,9,14-15,17H,5-8,10H2,1-2H3. The molecule has 3 saturated heterocycles. The number of likely N-dealkylation sites (N-methyl/N-ethyl adjacent to an activating group) is 1. The first kappa shape index (κ1) is 13.0. The zero-order chi connectivity index (χ0) is 13.4. The fourth-order valence-corrected chi connectivity index (χ4v) is 3.52. The van der Waals surface area contributed by atoms with Gasteiger partial charge in [-0.05, 0) is 37.2 Å². The van der Waals surface area contributed by atoms with E-state index >= 15 is 0 Å². The molecule has 2 bridgehead atoms. The highest BCUT2D eigenvalue weighted by molar-refractivity contribution is 5.31. The molecule has 0 aliphatic carbocycles. The van der Waals surface area contributed by atoms with Crippen molar-refractivity contribution >= 4 is 0 Å². The largest absolute Gasteiger partial charge is 0.312 e. The Morgan fingerprint density at radius 2 is 2.00 bits per heavy atom. The van der Waals surface area contributed by atoms with E-state index in [0.717, 1.165) is 25.2 Å². The molecule has 4 rings (SSSR count). The van der Waals surface area contributed by atoms with Gasteiger partial charge in [0.15, 0.2) is 0 Å². The van der Waals surface area contributed by atoms with Gasteiger partial charge in [0.1, 0.15) is 5.82 Å². The highest BCUT2D eigenvalue weighted by Crippen LogP contribution is 2.29. The Morgan fingerprint density at radius 3 is 2.53 bits per heavy atom. The Bertz CT molecular complexity index is 455. The zero-order valence-electron chi connectivity index (χ0n) is 11.7. The molecule has 1 aromatic carbocycles. The lowest BCUT2D eigenvalue weighted by molar-refractivity contribution is -0.00264. The van der Waals surface area contributed by atoms with Crippen LogP contribution in [0.4, 0.5) is 4.39 Å². The summed E-state index contributed by atoms with van der Waals surface area (Å²) in [4.78, 5) is 5.11. The van der Waals surface area contributed by atoms with E-state index in [1.54, 1.807) is 12.1 Å². The van der Waals surface area contributed by atoms with Gasteiger partial charge in [-0.2, -0.15) is 0 Å². The summed E-state index contributed by atoms with van der Waals surface area (Å²) in [6.07, 6.45) is 0. The quantitative estimate of drug-likeness (QED) is 0.889. The maximum atomic E-state index is 13.3. The summed E-state index contributed by atoms with van der Waals surface area (Å²) in [5.74, 6) is -0.148. The van der Waals surface area contributed by atoms with Crippen LogP contribution < -0.4 is 5.32 Å². The molecule has 0 aromatic heterocycles. The number of benzene rings is 1. The van der Waals surface area contributed by atoms with Gasteiger partial charge < -0.3 is 5.32 Å². The molecule has 1 aromatic rings. The maximum Gasteiger partial charge on any atom is 0.123 e. The van der Waals surface area contributed by atoms with E-state index in [2.05, 4.69) is 15.1 Å². The van der Waals surface area contributed by atoms with Gasteiger partial charge in [0.05, 0.1) is 0 Å². The summed E-state index contributed by atoms with van der Waals surface area (Å²) in [7, 11) is 2.01. The summed E-state index contributed by atoms with van der Waals surface area (Å²) in [6, 6.07) is 5.92. The number of nitrogens with one attached hydrogen (secondary N) is 1. The molecule has 104 valence electrons. The van der Waals surface area contributed by atoms with Crippen LogP contribution in [0.1, 0.15) is 17.2 Å². The van der Waals surface area contributed by atoms with Crippen molar-refractivity contribution in [1.82, 2.24) is 15.1 Å². The van der Waals surface area contributed by atoms with Crippen molar-refractivity contribution in [3.05, 3.63) is 35.1 Å². The van der Waals surface area contributed by atoms with Crippen LogP contribution in [0, 0.1) is 12.7 Å². The minimum Gasteiger partial charge on any atom is -0.312 e. The van der Waals surface area contributed by atoms with Gasteiger partial charge in [-0.25, -0.2) is 4.39 Å². The number of aryl methyl sites for hydroxylation is 1. The molecular weight excluding hydrogens is 241 g/mol. The Hall–Kier alpha value is -0.970. The van der Waals surface area contributed by atoms with Crippen LogP contribution in [0.5, 0.6) is 0 Å². The Labute approximate surface area is 114 Å². The topological polar surface area (TPSA) is 18.5 Å². The zero-order valence-corrected chi connectivity index (χ0v) is 11.7. The van der Waals surface area contributed by atoms with E-state index in [1.165, 1.54) is 18.7 Å². The summed E-state index contributed by atoms with van der Waals surface area (Å²) < 4.78 is 13.3. The van der Waals surface area contributed by atoms with Crippen molar-refractivity contribution < 1.29 is 4.39 Å². The lowest BCUT2D eigenvalue weighted by Gasteiger charge is -2.50. The highest BCUT2D eigenvalue weighted by Gasteiger charge is 2.37. The van der Waals surface area contributed by atoms with Crippen LogP contribution in [0.25, 0.3) is 0 Å². The molecule has 4 heteroatoms. The molecule has 3 aliphatic heterocycles. The Balaban J connectivity index is 1.88. The number of nitrogens with zero attached hydrogens (tertiary/aromatic N) is 2. The molecule has 3 fully saturated rings. The molecular formula is C15H22FN3. The third-order valence-electron chi connectivity index (χ3n) is 4.58. The number of piperazine rings is 3. The molecule has 0 saturated carbocycles. The Kier molecular flexibility index (Phi) is 3.56. The van der Waals surface area contributed by atoms with Crippen molar-refractivity contribution in [2.24, 2.45) is 0 Å². The number of rotatable bonds is 3. The smallest absolute Gasteiger partial charge is 0.123 e. The van der Waals surface area contributed by atoms with Gasteiger partial charge in [-0.3, -0.25) is 9.80 Å². The van der Waals surface area contributed by atoms with Gasteiger partial charge in [0.2, 0.25) is 0 Å². The lowest BCUT2D eigenvalue weighted by atomic mass is 9.91. The second-order valence-electron chi connectivity index (χ2n) is 5.67. The van der Waals surface area contributed by atoms with Crippen molar-refractivity contribution in [1.29, 1.82) is 0 Å². The van der Waals surface area contributed by atoms with E-state index in [4.69, 9.17) is 0 Å². The molecule has 0 radical (unpaired) electrons. The normalized spacial score (nSPS) is 31.4. The number of hydrogen-bond acceptors (Lipinski definition) is 3. The third-order valence-corrected chi connectivity index (χ3v) is 4.58. The fraction of sp³-hybridized carbons (Fsp3) is 0.600. The van der Waals surface area contributed by atoms with Crippen LogP contribution in [0.15, 0.2) is 18.2 Å². The summed E-state index contributed by atoms with van der Waals surface area (Å²) in [5.41, 5.74) is 2.26. The molecule has 3 heterocycles. The van der Waals surface area contributed by atoms with Crippen LogP contribution in [0.3, 0.4) is 0 Å². The Morgan fingerprint density at radius 1 is 1.26 bits per heavy atom. The summed E-state index contributed by atoms with van der Waals surface area (Å²) in [6.45, 7) is 7.80. The second kappa shape index (κ2) is 5.19. The van der Waals surface area contributed by atoms with E-state index in [-0.39, 0.29) is 11.9 Å². The predicted molar refractivity (Wildman–Crippen MR) is 74.7 cm³/mol. The molecule has 1 N–H and O–H groups in total. The van der Waals surface area contributed by atoms with Crippen molar-refractivity contribution in [3.8, 4) is 0 Å². The lowest BCUT2D eigenvalue weighted by Crippen LogP contribution is -2.63. The summed E-state index contributed by atoms with van der Waals surface area (Å²) >= 11 is 0. The first-order valence-corrected chi connectivity index (χ1v) is 7.09. The van der Waals surface area contributed by atoms with Gasteiger partial charge >= 0.3 is 0 Å². The first-order valence-electron chi connectivity index (χ1n) is 7.09. The van der Waals surface area contributed by atoms with Gasteiger partial charge in [-0.1, -0.05) is 6.07 Å². The molecule has 3 aliphatic rings. The van der Waals surface area contributed by atoms with Gasteiger partial charge in [0.25, 0.3) is 0 Å². The number of hydrogen-bond donors (Lipinski definition) is 1. The van der Waals surface area contributed by atoms with Crippen LogP contribution in [0.2, 0.25) is 0 Å². The SMILES string of the molecule is CNC(c1ccc(F)cc1C)C1CN2CCN1CC2. The van der Waals surface area contributed by atoms with Crippen molar-refractivity contribution in [3.63, 3.8) is 0 Å². The van der Waals surface area contributed by atoms with Crippen molar-refractivity contribution in [2.75, 3.05) is 39.8 Å². The van der Waals surface area contributed by atoms with Crippen LogP contribution >= 0.6 is 0 Å². The van der Waals surface area contributed by atoms with E-state index in [0.29, 0.717) is 6.04 Å². The summed E-state index contributed by atoms with van der Waals surface area (Å²) in [5, 5.41) is 3.44. The number of halogens is 1. The monoisotopic (exact) mass is 263 g/mol. The average molecular weight is 263 g/mol. The van der Waals surface area contributed by atoms with E-state index in [9.17, 15) is 4.39 Å². The highest BCUT2D eigenvalue weighted by atomic mass is 19.1. The molecule has 19 heavy (non-hydrogen) atoms. The molecule has 0 spiro atoms. The minimum absolute atomic E-state index is 0.148. The maximum absolute atomic E-state index is 13.3. The molecule has 2 atom stereocenters. The van der Waals surface area contributed by atoms with Gasteiger partial charge in [0, 0.05) is 44.8 Å². The third kappa shape index (κ3) is 2.40. The number of fused-ring (bicyclic) bond motifs is 3. The fourth-order valence-electron chi connectivity index (χ4n) is 3.52. The average Bonchev–Trinajstić information content (AvgIpc) is 2.43. The van der Waals surface area contributed by atoms with Crippen LogP contribution in [-0.4, -0.2) is 55.6 Å². The molecule has 2 unspecified atom stereocenters. The minimum atomic E-state index is -0.148. The molecule has 3 nitrogen and oxygen atoms in total. The first-order chi connectivity index (χ1) is 9.19.